The van der Waals surface area contributed by atoms with Crippen LogP contribution in [0.5, 0.6) is 0 Å². The molecular formula is C9H12F3N3O2S. The van der Waals surface area contributed by atoms with E-state index in [2.05, 4.69) is 10.3 Å². The van der Waals surface area contributed by atoms with Crippen molar-refractivity contribution in [1.29, 1.82) is 0 Å². The van der Waals surface area contributed by atoms with Crippen LogP contribution in [0.25, 0.3) is 0 Å². The molecule has 1 heterocycles. The highest BCUT2D eigenvalue weighted by molar-refractivity contribution is 7.89. The first kappa shape index (κ1) is 14.7. The molecular weight excluding hydrogens is 271 g/mol. The number of hydrogen-bond donors (Lipinski definition) is 2. The van der Waals surface area contributed by atoms with Crippen LogP contribution in [0, 0.1) is 0 Å². The third-order valence-corrected chi connectivity index (χ3v) is 3.46. The van der Waals surface area contributed by atoms with Gasteiger partial charge in [-0.25, -0.2) is 18.1 Å². The second kappa shape index (κ2) is 5.53. The lowest BCUT2D eigenvalue weighted by Crippen LogP contribution is -2.28. The first-order chi connectivity index (χ1) is 8.24. The van der Waals surface area contributed by atoms with E-state index in [1.54, 1.807) is 7.05 Å². The van der Waals surface area contributed by atoms with E-state index in [4.69, 9.17) is 0 Å². The standard InChI is InChI=1S/C9H12F3N3O2S/c1-13-8-6-7(2-4-14-8)18(16,17)15-5-3-9(10,11)12/h2,4,6,15H,3,5H2,1H3,(H,13,14). The van der Waals surface area contributed by atoms with Crippen molar-refractivity contribution >= 4 is 15.8 Å². The van der Waals surface area contributed by atoms with E-state index in [-0.39, 0.29) is 4.90 Å². The van der Waals surface area contributed by atoms with Crippen molar-refractivity contribution in [2.75, 3.05) is 18.9 Å². The molecule has 5 nitrogen and oxygen atoms in total. The van der Waals surface area contributed by atoms with Gasteiger partial charge in [-0.05, 0) is 6.07 Å². The first-order valence-corrected chi connectivity index (χ1v) is 6.43. The molecule has 0 aromatic carbocycles. The van der Waals surface area contributed by atoms with E-state index in [0.29, 0.717) is 5.82 Å². The average Bonchev–Trinajstić information content (AvgIpc) is 2.27. The molecule has 9 heteroatoms. The van der Waals surface area contributed by atoms with Crippen molar-refractivity contribution in [3.05, 3.63) is 18.3 Å². The quantitative estimate of drug-likeness (QED) is 0.856. The van der Waals surface area contributed by atoms with Crippen molar-refractivity contribution < 1.29 is 21.6 Å². The van der Waals surface area contributed by atoms with E-state index < -0.39 is 29.2 Å². The van der Waals surface area contributed by atoms with E-state index in [9.17, 15) is 21.6 Å². The highest BCUT2D eigenvalue weighted by atomic mass is 32.2. The molecule has 0 radical (unpaired) electrons. The van der Waals surface area contributed by atoms with E-state index >= 15 is 0 Å². The summed E-state index contributed by atoms with van der Waals surface area (Å²) in [6, 6.07) is 2.44. The molecule has 0 aliphatic heterocycles. The largest absolute Gasteiger partial charge is 0.390 e. The van der Waals surface area contributed by atoms with Gasteiger partial charge in [-0.1, -0.05) is 0 Å². The van der Waals surface area contributed by atoms with Gasteiger partial charge in [-0.3, -0.25) is 0 Å². The fourth-order valence-corrected chi connectivity index (χ4v) is 2.17. The van der Waals surface area contributed by atoms with Crippen LogP contribution < -0.4 is 10.0 Å². The van der Waals surface area contributed by atoms with Gasteiger partial charge in [0, 0.05) is 25.9 Å². The minimum atomic E-state index is -4.39. The number of aromatic nitrogens is 1. The van der Waals surface area contributed by atoms with Crippen LogP contribution in [0.15, 0.2) is 23.2 Å². The smallest absolute Gasteiger partial charge is 0.373 e. The van der Waals surface area contributed by atoms with E-state index in [1.165, 1.54) is 18.3 Å². The Labute approximate surface area is 102 Å². The molecule has 0 unspecified atom stereocenters. The molecule has 0 saturated carbocycles. The predicted octanol–water partition coefficient (Wildman–Crippen LogP) is 1.35. The summed E-state index contributed by atoms with van der Waals surface area (Å²) in [5, 5.41) is 2.64. The zero-order chi connectivity index (χ0) is 13.8. The maximum Gasteiger partial charge on any atom is 0.390 e. The van der Waals surface area contributed by atoms with Gasteiger partial charge in [0.15, 0.2) is 0 Å². The summed E-state index contributed by atoms with van der Waals surface area (Å²) in [4.78, 5) is 3.67. The Kier molecular flexibility index (Phi) is 4.52. The molecule has 0 saturated heterocycles. The number of rotatable bonds is 5. The Balaban J connectivity index is 2.74. The summed E-state index contributed by atoms with van der Waals surface area (Å²) in [5.41, 5.74) is 0. The molecule has 0 bridgehead atoms. The third kappa shape index (κ3) is 4.49. The van der Waals surface area contributed by atoms with Crippen molar-refractivity contribution in [3.63, 3.8) is 0 Å². The monoisotopic (exact) mass is 283 g/mol. The van der Waals surface area contributed by atoms with Crippen molar-refractivity contribution in [1.82, 2.24) is 9.71 Å². The van der Waals surface area contributed by atoms with Crippen LogP contribution >= 0.6 is 0 Å². The molecule has 0 aliphatic carbocycles. The highest BCUT2D eigenvalue weighted by Crippen LogP contribution is 2.19. The van der Waals surface area contributed by atoms with Crippen molar-refractivity contribution in [2.24, 2.45) is 0 Å². The summed E-state index contributed by atoms with van der Waals surface area (Å²) in [6.07, 6.45) is -4.35. The SMILES string of the molecule is CNc1cc(S(=O)(=O)NCCC(F)(F)F)ccn1. The molecule has 18 heavy (non-hydrogen) atoms. The van der Waals surface area contributed by atoms with Gasteiger partial charge in [0.25, 0.3) is 0 Å². The summed E-state index contributed by atoms with van der Waals surface area (Å²) in [5.74, 6) is 0.314. The van der Waals surface area contributed by atoms with Crippen LogP contribution in [0.2, 0.25) is 0 Å². The van der Waals surface area contributed by atoms with Gasteiger partial charge in [-0.2, -0.15) is 13.2 Å². The lowest BCUT2D eigenvalue weighted by Gasteiger charge is -2.09. The Morgan fingerprint density at radius 3 is 2.61 bits per heavy atom. The van der Waals surface area contributed by atoms with Crippen LogP contribution in [-0.2, 0) is 10.0 Å². The molecule has 0 fully saturated rings. The Bertz CT molecular complexity index is 502. The Hall–Kier alpha value is -1.35. The second-order valence-electron chi connectivity index (χ2n) is 3.39. The van der Waals surface area contributed by atoms with Crippen molar-refractivity contribution in [2.45, 2.75) is 17.5 Å². The van der Waals surface area contributed by atoms with Gasteiger partial charge in [0.05, 0.1) is 11.3 Å². The second-order valence-corrected chi connectivity index (χ2v) is 5.16. The maximum absolute atomic E-state index is 11.9. The fraction of sp³-hybridized carbons (Fsp3) is 0.444. The van der Waals surface area contributed by atoms with Gasteiger partial charge >= 0.3 is 6.18 Å². The maximum atomic E-state index is 11.9. The number of nitrogens with zero attached hydrogens (tertiary/aromatic N) is 1. The molecule has 0 atom stereocenters. The fourth-order valence-electron chi connectivity index (χ4n) is 1.13. The number of alkyl halides is 3. The van der Waals surface area contributed by atoms with E-state index in [0.717, 1.165) is 0 Å². The summed E-state index contributed by atoms with van der Waals surface area (Å²) in [6.45, 7) is -0.691. The van der Waals surface area contributed by atoms with Crippen LogP contribution in [0.1, 0.15) is 6.42 Å². The highest BCUT2D eigenvalue weighted by Gasteiger charge is 2.27. The van der Waals surface area contributed by atoms with E-state index in [1.807, 2.05) is 4.72 Å². The van der Waals surface area contributed by atoms with Gasteiger partial charge < -0.3 is 5.32 Å². The number of hydrogen-bond acceptors (Lipinski definition) is 4. The molecule has 1 rings (SSSR count). The molecule has 2 N–H and O–H groups in total. The van der Waals surface area contributed by atoms with Crippen LogP contribution in [-0.4, -0.2) is 33.2 Å². The third-order valence-electron chi connectivity index (χ3n) is 2.00. The molecule has 0 amide bonds. The molecule has 102 valence electrons. The summed E-state index contributed by atoms with van der Waals surface area (Å²) < 4.78 is 60.9. The number of halogens is 3. The zero-order valence-corrected chi connectivity index (χ0v) is 10.3. The first-order valence-electron chi connectivity index (χ1n) is 4.95. The lowest BCUT2D eigenvalue weighted by molar-refractivity contribution is -0.132. The summed E-state index contributed by atoms with van der Waals surface area (Å²) >= 11 is 0. The summed E-state index contributed by atoms with van der Waals surface area (Å²) in [7, 11) is -2.39. The Morgan fingerprint density at radius 2 is 2.06 bits per heavy atom. The zero-order valence-electron chi connectivity index (χ0n) is 9.45. The van der Waals surface area contributed by atoms with Crippen molar-refractivity contribution in [3.8, 4) is 0 Å². The minimum absolute atomic E-state index is 0.135. The molecule has 0 aliphatic rings. The topological polar surface area (TPSA) is 71.1 Å². The average molecular weight is 283 g/mol. The predicted molar refractivity (Wildman–Crippen MR) is 59.6 cm³/mol. The molecule has 1 aromatic heterocycles. The van der Waals surface area contributed by atoms with Gasteiger partial charge in [0.1, 0.15) is 5.82 Å². The number of sulfonamides is 1. The van der Waals surface area contributed by atoms with Crippen LogP contribution in [0.3, 0.4) is 0 Å². The Morgan fingerprint density at radius 1 is 1.39 bits per heavy atom. The number of nitrogens with one attached hydrogen (secondary N) is 2. The van der Waals surface area contributed by atoms with Crippen LogP contribution in [0.4, 0.5) is 19.0 Å². The minimum Gasteiger partial charge on any atom is -0.373 e. The normalized spacial score (nSPS) is 12.4. The molecule has 1 aromatic rings. The molecule has 0 spiro atoms. The number of pyridine rings is 1. The number of anilines is 1. The lowest BCUT2D eigenvalue weighted by atomic mass is 10.4. The van der Waals surface area contributed by atoms with Gasteiger partial charge in [-0.15, -0.1) is 0 Å². The van der Waals surface area contributed by atoms with Gasteiger partial charge in [0.2, 0.25) is 10.0 Å².